The van der Waals surface area contributed by atoms with Gasteiger partial charge in [0.1, 0.15) is 5.75 Å². The number of phenols is 1. The highest BCUT2D eigenvalue weighted by atomic mass is 32.2. The highest BCUT2D eigenvalue weighted by Crippen LogP contribution is 2.38. The van der Waals surface area contributed by atoms with Crippen molar-refractivity contribution in [3.05, 3.63) is 23.8 Å². The Hall–Kier alpha value is -1.07. The second-order valence-corrected chi connectivity index (χ2v) is 6.10. The van der Waals surface area contributed by atoms with Crippen molar-refractivity contribution in [1.82, 2.24) is 5.32 Å². The molecule has 1 heterocycles. The molecule has 0 aliphatic carbocycles. The van der Waals surface area contributed by atoms with Crippen LogP contribution in [-0.4, -0.2) is 32.9 Å². The lowest BCUT2D eigenvalue weighted by molar-refractivity contribution is 0.473. The second kappa shape index (κ2) is 4.07. The van der Waals surface area contributed by atoms with E-state index in [9.17, 15) is 13.5 Å². The molecular weight excluding hydrogens is 226 g/mol. The molecule has 1 unspecified atom stereocenters. The van der Waals surface area contributed by atoms with Gasteiger partial charge in [0.2, 0.25) is 0 Å². The zero-order valence-corrected chi connectivity index (χ0v) is 9.92. The monoisotopic (exact) mass is 241 g/mol. The van der Waals surface area contributed by atoms with Crippen LogP contribution in [0.2, 0.25) is 0 Å². The summed E-state index contributed by atoms with van der Waals surface area (Å²) in [5.74, 6) is 0.290. The molecule has 1 aliphatic heterocycles. The Morgan fingerprint density at radius 3 is 2.94 bits per heavy atom. The molecule has 1 atom stereocenters. The van der Waals surface area contributed by atoms with Crippen LogP contribution in [0.4, 0.5) is 0 Å². The predicted molar refractivity (Wildman–Crippen MR) is 61.4 cm³/mol. The first-order chi connectivity index (χ1) is 7.54. The first-order valence-electron chi connectivity index (χ1n) is 5.25. The number of sulfone groups is 1. The summed E-state index contributed by atoms with van der Waals surface area (Å²) in [5.41, 5.74) is 0.759. The van der Waals surface area contributed by atoms with Gasteiger partial charge in [-0.2, -0.15) is 0 Å². The lowest BCUT2D eigenvalue weighted by Gasteiger charge is -2.09. The molecule has 0 aromatic heterocycles. The Bertz CT molecular complexity index is 496. The smallest absolute Gasteiger partial charge is 0.179 e. The van der Waals surface area contributed by atoms with Gasteiger partial charge in [0, 0.05) is 5.92 Å². The molecule has 0 fully saturated rings. The Balaban J connectivity index is 2.40. The van der Waals surface area contributed by atoms with Crippen LogP contribution in [0.25, 0.3) is 0 Å². The van der Waals surface area contributed by atoms with Crippen LogP contribution in [0.15, 0.2) is 23.1 Å². The molecule has 0 spiro atoms. The van der Waals surface area contributed by atoms with E-state index in [0.717, 1.165) is 18.5 Å². The summed E-state index contributed by atoms with van der Waals surface area (Å²) < 4.78 is 23.7. The van der Waals surface area contributed by atoms with Gasteiger partial charge in [-0.3, -0.25) is 0 Å². The van der Waals surface area contributed by atoms with E-state index < -0.39 is 9.84 Å². The van der Waals surface area contributed by atoms with E-state index in [1.807, 2.05) is 7.05 Å². The summed E-state index contributed by atoms with van der Waals surface area (Å²) in [7, 11) is -1.30. The Labute approximate surface area is 95.2 Å². The van der Waals surface area contributed by atoms with Gasteiger partial charge in [-0.15, -0.1) is 0 Å². The van der Waals surface area contributed by atoms with Gasteiger partial charge in [0.25, 0.3) is 0 Å². The Morgan fingerprint density at radius 2 is 2.25 bits per heavy atom. The highest BCUT2D eigenvalue weighted by Gasteiger charge is 2.34. The van der Waals surface area contributed by atoms with Crippen LogP contribution in [0.5, 0.6) is 5.75 Å². The quantitative estimate of drug-likeness (QED) is 0.824. The summed E-state index contributed by atoms with van der Waals surface area (Å²) >= 11 is 0. The Morgan fingerprint density at radius 1 is 1.50 bits per heavy atom. The van der Waals surface area contributed by atoms with E-state index in [1.54, 1.807) is 6.07 Å². The van der Waals surface area contributed by atoms with Gasteiger partial charge >= 0.3 is 0 Å². The second-order valence-electron chi connectivity index (χ2n) is 4.09. The first-order valence-corrected chi connectivity index (χ1v) is 6.90. The van der Waals surface area contributed by atoms with Crippen molar-refractivity contribution in [2.24, 2.45) is 0 Å². The van der Waals surface area contributed by atoms with Crippen LogP contribution in [0.3, 0.4) is 0 Å². The maximum absolute atomic E-state index is 11.8. The van der Waals surface area contributed by atoms with Crippen LogP contribution >= 0.6 is 0 Å². The lowest BCUT2D eigenvalue weighted by Crippen LogP contribution is -2.13. The number of benzene rings is 1. The third-order valence-electron chi connectivity index (χ3n) is 2.93. The van der Waals surface area contributed by atoms with Crippen molar-refractivity contribution in [3.8, 4) is 5.75 Å². The lowest BCUT2D eigenvalue weighted by atomic mass is 9.98. The van der Waals surface area contributed by atoms with Gasteiger partial charge in [-0.05, 0) is 43.8 Å². The van der Waals surface area contributed by atoms with E-state index in [1.165, 1.54) is 12.1 Å². The van der Waals surface area contributed by atoms with Crippen molar-refractivity contribution in [1.29, 1.82) is 0 Å². The molecule has 5 heteroatoms. The van der Waals surface area contributed by atoms with Crippen molar-refractivity contribution in [2.75, 3.05) is 19.3 Å². The molecule has 0 amide bonds. The normalized spacial score (nSPS) is 21.9. The minimum absolute atomic E-state index is 0.000417. The summed E-state index contributed by atoms with van der Waals surface area (Å²) in [5, 5.41) is 12.4. The van der Waals surface area contributed by atoms with Crippen LogP contribution < -0.4 is 5.32 Å². The molecule has 1 aromatic rings. The van der Waals surface area contributed by atoms with Gasteiger partial charge in [-0.25, -0.2) is 8.42 Å². The molecule has 2 N–H and O–H groups in total. The van der Waals surface area contributed by atoms with Crippen molar-refractivity contribution >= 4 is 9.84 Å². The van der Waals surface area contributed by atoms with Crippen LogP contribution in [0.1, 0.15) is 17.9 Å². The minimum atomic E-state index is -3.14. The van der Waals surface area contributed by atoms with Crippen molar-refractivity contribution in [2.45, 2.75) is 17.2 Å². The third kappa shape index (κ3) is 1.92. The molecular formula is C11H15NO3S. The van der Waals surface area contributed by atoms with E-state index >= 15 is 0 Å². The largest absolute Gasteiger partial charge is 0.508 e. The molecule has 2 rings (SSSR count). The minimum Gasteiger partial charge on any atom is -0.508 e. The Kier molecular flexibility index (Phi) is 2.90. The summed E-state index contributed by atoms with van der Waals surface area (Å²) in [6.07, 6.45) is 0.770. The van der Waals surface area contributed by atoms with Crippen molar-refractivity contribution in [3.63, 3.8) is 0 Å². The maximum Gasteiger partial charge on any atom is 0.179 e. The third-order valence-corrected chi connectivity index (χ3v) is 4.81. The van der Waals surface area contributed by atoms with Crippen LogP contribution in [0, 0.1) is 0 Å². The fourth-order valence-electron chi connectivity index (χ4n) is 2.14. The number of phenolic OH excluding ortho intramolecular Hbond substituents is 1. The summed E-state index contributed by atoms with van der Waals surface area (Å²) in [4.78, 5) is 0.381. The van der Waals surface area contributed by atoms with E-state index in [-0.39, 0.29) is 17.4 Å². The van der Waals surface area contributed by atoms with E-state index in [4.69, 9.17) is 0 Å². The number of fused-ring (bicyclic) bond motifs is 1. The van der Waals surface area contributed by atoms with Crippen LogP contribution in [-0.2, 0) is 9.84 Å². The highest BCUT2D eigenvalue weighted by molar-refractivity contribution is 7.91. The SMILES string of the molecule is CNCCC1CS(=O)(=O)c2ccc(O)cc21. The molecule has 0 saturated carbocycles. The maximum atomic E-state index is 11.8. The van der Waals surface area contributed by atoms with Gasteiger partial charge in [0.05, 0.1) is 10.6 Å². The van der Waals surface area contributed by atoms with E-state index in [2.05, 4.69) is 5.32 Å². The fraction of sp³-hybridized carbons (Fsp3) is 0.455. The molecule has 1 aliphatic rings. The number of hydrogen-bond donors (Lipinski definition) is 2. The topological polar surface area (TPSA) is 66.4 Å². The zero-order chi connectivity index (χ0) is 11.8. The molecule has 1 aromatic carbocycles. The van der Waals surface area contributed by atoms with Gasteiger partial charge in [0.15, 0.2) is 9.84 Å². The molecule has 0 bridgehead atoms. The summed E-state index contributed by atoms with van der Waals surface area (Å²) in [6.45, 7) is 0.773. The average molecular weight is 241 g/mol. The fourth-order valence-corrected chi connectivity index (χ4v) is 4.06. The first kappa shape index (κ1) is 11.4. The average Bonchev–Trinajstić information content (AvgIpc) is 2.47. The van der Waals surface area contributed by atoms with E-state index in [0.29, 0.717) is 4.90 Å². The number of rotatable bonds is 3. The van der Waals surface area contributed by atoms with Gasteiger partial charge in [-0.1, -0.05) is 0 Å². The predicted octanol–water partition coefficient (Wildman–Crippen LogP) is 0.873. The number of aromatic hydroxyl groups is 1. The van der Waals surface area contributed by atoms with Crippen molar-refractivity contribution < 1.29 is 13.5 Å². The summed E-state index contributed by atoms with van der Waals surface area (Å²) in [6, 6.07) is 4.50. The standard InChI is InChI=1S/C11H15NO3S/c1-12-5-4-8-7-16(14,15)11-3-2-9(13)6-10(8)11/h2-3,6,8,12-13H,4-5,7H2,1H3. The van der Waals surface area contributed by atoms with Gasteiger partial charge < -0.3 is 10.4 Å². The molecule has 0 radical (unpaired) electrons. The number of hydrogen-bond acceptors (Lipinski definition) is 4. The molecule has 0 saturated heterocycles. The number of nitrogens with one attached hydrogen (secondary N) is 1. The molecule has 88 valence electrons. The molecule has 16 heavy (non-hydrogen) atoms. The molecule has 4 nitrogen and oxygen atoms in total. The zero-order valence-electron chi connectivity index (χ0n) is 9.10.